The van der Waals surface area contributed by atoms with Gasteiger partial charge >= 0.3 is 6.03 Å². The van der Waals surface area contributed by atoms with E-state index in [0.29, 0.717) is 45.0 Å². The molecule has 0 unspecified atom stereocenters. The van der Waals surface area contributed by atoms with E-state index in [1.807, 2.05) is 0 Å². The largest absolute Gasteiger partial charge is 0.381 e. The summed E-state index contributed by atoms with van der Waals surface area (Å²) in [6, 6.07) is -0.123. The first-order chi connectivity index (χ1) is 9.45. The summed E-state index contributed by atoms with van der Waals surface area (Å²) < 4.78 is 29.5. The van der Waals surface area contributed by atoms with Gasteiger partial charge in [-0.15, -0.1) is 0 Å². The van der Waals surface area contributed by atoms with E-state index < -0.39 is 10.0 Å². The first-order valence-electron chi connectivity index (χ1n) is 7.02. The Labute approximate surface area is 120 Å². The minimum Gasteiger partial charge on any atom is -0.381 e. The highest BCUT2D eigenvalue weighted by atomic mass is 32.2. The van der Waals surface area contributed by atoms with Crippen LogP contribution in [0.3, 0.4) is 0 Å². The molecule has 0 aromatic carbocycles. The summed E-state index contributed by atoms with van der Waals surface area (Å²) >= 11 is 0. The Balaban J connectivity index is 1.65. The number of nitrogens with one attached hydrogen (secondary N) is 2. The van der Waals surface area contributed by atoms with Crippen LogP contribution in [0, 0.1) is 5.92 Å². The van der Waals surface area contributed by atoms with Crippen LogP contribution in [0.15, 0.2) is 0 Å². The monoisotopic (exact) mass is 305 g/mol. The molecule has 2 rings (SSSR count). The first kappa shape index (κ1) is 15.5. The van der Waals surface area contributed by atoms with E-state index in [2.05, 4.69) is 10.6 Å². The van der Waals surface area contributed by atoms with Gasteiger partial charge in [0.25, 0.3) is 0 Å². The van der Waals surface area contributed by atoms with Crippen LogP contribution in [0.5, 0.6) is 0 Å². The van der Waals surface area contributed by atoms with Gasteiger partial charge in [-0.3, -0.25) is 0 Å². The molecule has 0 aromatic heterocycles. The van der Waals surface area contributed by atoms with Crippen LogP contribution in [0.2, 0.25) is 0 Å². The average molecular weight is 305 g/mol. The zero-order valence-electron chi connectivity index (χ0n) is 11.8. The quantitative estimate of drug-likeness (QED) is 0.749. The molecular weight excluding hydrogens is 282 g/mol. The number of hydrogen-bond donors (Lipinski definition) is 2. The number of amides is 2. The van der Waals surface area contributed by atoms with Crippen LogP contribution in [0.4, 0.5) is 4.79 Å². The van der Waals surface area contributed by atoms with Gasteiger partial charge < -0.3 is 15.4 Å². The van der Waals surface area contributed by atoms with E-state index in [0.717, 1.165) is 13.0 Å². The topological polar surface area (TPSA) is 87.7 Å². The van der Waals surface area contributed by atoms with Gasteiger partial charge in [0.1, 0.15) is 0 Å². The van der Waals surface area contributed by atoms with E-state index in [1.165, 1.54) is 10.6 Å². The highest BCUT2D eigenvalue weighted by Crippen LogP contribution is 2.13. The minimum atomic E-state index is -3.11. The standard InChI is InChI=1S/C12H23N3O4S/c1-20(17,18)15-5-2-11(3-6-15)14-12(16)13-8-10-4-7-19-9-10/h10-11H,2-9H2,1H3,(H2,13,14,16)/t10-/m1/s1. The Morgan fingerprint density at radius 1 is 1.30 bits per heavy atom. The number of rotatable bonds is 4. The molecule has 2 heterocycles. The van der Waals surface area contributed by atoms with Crippen molar-refractivity contribution in [2.24, 2.45) is 5.92 Å². The summed E-state index contributed by atoms with van der Waals surface area (Å²) in [5.41, 5.74) is 0. The van der Waals surface area contributed by atoms with Crippen molar-refractivity contribution in [1.29, 1.82) is 0 Å². The van der Waals surface area contributed by atoms with Crippen molar-refractivity contribution < 1.29 is 17.9 Å². The highest BCUT2D eigenvalue weighted by molar-refractivity contribution is 7.88. The third-order valence-corrected chi connectivity index (χ3v) is 5.14. The number of nitrogens with zero attached hydrogens (tertiary/aromatic N) is 1. The second-order valence-corrected chi connectivity index (χ2v) is 7.50. The number of ether oxygens (including phenoxy) is 1. The molecule has 2 saturated heterocycles. The molecule has 0 bridgehead atoms. The predicted molar refractivity (Wildman–Crippen MR) is 74.9 cm³/mol. The number of piperidine rings is 1. The number of sulfonamides is 1. The van der Waals surface area contributed by atoms with Crippen molar-refractivity contribution >= 4 is 16.1 Å². The van der Waals surface area contributed by atoms with Gasteiger partial charge in [0.2, 0.25) is 10.0 Å². The first-order valence-corrected chi connectivity index (χ1v) is 8.87. The lowest BCUT2D eigenvalue weighted by Crippen LogP contribution is -2.49. The normalized spacial score (nSPS) is 25.6. The van der Waals surface area contributed by atoms with Crippen molar-refractivity contribution in [2.45, 2.75) is 25.3 Å². The van der Waals surface area contributed by atoms with Crippen molar-refractivity contribution in [1.82, 2.24) is 14.9 Å². The molecule has 0 saturated carbocycles. The van der Waals surface area contributed by atoms with Crippen LogP contribution >= 0.6 is 0 Å². The van der Waals surface area contributed by atoms with Crippen LogP contribution in [0.1, 0.15) is 19.3 Å². The highest BCUT2D eigenvalue weighted by Gasteiger charge is 2.26. The second-order valence-electron chi connectivity index (χ2n) is 5.52. The summed E-state index contributed by atoms with van der Waals surface area (Å²) in [5, 5.41) is 5.75. The number of carbonyl (C=O) groups excluding carboxylic acids is 1. The molecule has 1 atom stereocenters. The molecule has 2 N–H and O–H groups in total. The maximum absolute atomic E-state index is 11.8. The van der Waals surface area contributed by atoms with Crippen molar-refractivity contribution in [2.75, 3.05) is 39.1 Å². The zero-order valence-corrected chi connectivity index (χ0v) is 12.6. The van der Waals surface area contributed by atoms with E-state index in [4.69, 9.17) is 4.74 Å². The molecule has 20 heavy (non-hydrogen) atoms. The third-order valence-electron chi connectivity index (χ3n) is 3.83. The van der Waals surface area contributed by atoms with Gasteiger partial charge in [0, 0.05) is 38.2 Å². The fourth-order valence-corrected chi connectivity index (χ4v) is 3.42. The molecule has 7 nitrogen and oxygen atoms in total. The second kappa shape index (κ2) is 6.73. The zero-order chi connectivity index (χ0) is 14.6. The number of urea groups is 1. The van der Waals surface area contributed by atoms with E-state index in [-0.39, 0.29) is 12.1 Å². The Kier molecular flexibility index (Phi) is 5.22. The number of hydrogen-bond acceptors (Lipinski definition) is 4. The lowest BCUT2D eigenvalue weighted by molar-refractivity contribution is 0.184. The molecule has 2 aliphatic rings. The van der Waals surface area contributed by atoms with Gasteiger partial charge in [-0.05, 0) is 19.3 Å². The van der Waals surface area contributed by atoms with Crippen molar-refractivity contribution in [3.8, 4) is 0 Å². The van der Waals surface area contributed by atoms with Crippen LogP contribution in [0.25, 0.3) is 0 Å². The summed E-state index contributed by atoms with van der Waals surface area (Å²) in [5.74, 6) is 0.410. The van der Waals surface area contributed by atoms with Gasteiger partial charge in [-0.2, -0.15) is 0 Å². The summed E-state index contributed by atoms with van der Waals surface area (Å²) in [6.07, 6.45) is 3.53. The van der Waals surface area contributed by atoms with Gasteiger partial charge in [-0.1, -0.05) is 0 Å². The number of carbonyl (C=O) groups is 1. The fourth-order valence-electron chi connectivity index (χ4n) is 2.55. The van der Waals surface area contributed by atoms with Crippen molar-refractivity contribution in [3.63, 3.8) is 0 Å². The third kappa shape index (κ3) is 4.60. The molecule has 2 fully saturated rings. The Morgan fingerprint density at radius 3 is 2.55 bits per heavy atom. The molecular formula is C12H23N3O4S. The lowest BCUT2D eigenvalue weighted by Gasteiger charge is -2.30. The molecule has 0 spiro atoms. The van der Waals surface area contributed by atoms with Crippen LogP contribution in [-0.2, 0) is 14.8 Å². The van der Waals surface area contributed by atoms with Crippen LogP contribution < -0.4 is 10.6 Å². The van der Waals surface area contributed by atoms with E-state index >= 15 is 0 Å². The average Bonchev–Trinajstić information content (AvgIpc) is 2.89. The lowest BCUT2D eigenvalue weighted by atomic mass is 10.1. The Hall–Kier alpha value is -0.860. The van der Waals surface area contributed by atoms with Gasteiger partial charge in [0.15, 0.2) is 0 Å². The molecule has 0 aromatic rings. The fraction of sp³-hybridized carbons (Fsp3) is 0.917. The molecule has 0 aliphatic carbocycles. The molecule has 116 valence electrons. The SMILES string of the molecule is CS(=O)(=O)N1CCC(NC(=O)NC[C@H]2CCOC2)CC1. The smallest absolute Gasteiger partial charge is 0.315 e. The summed E-state index contributed by atoms with van der Waals surface area (Å²) in [4.78, 5) is 11.8. The maximum Gasteiger partial charge on any atom is 0.315 e. The predicted octanol–water partition coefficient (Wildman–Crippen LogP) is -0.254. The minimum absolute atomic E-state index is 0.0489. The molecule has 0 radical (unpaired) electrons. The van der Waals surface area contributed by atoms with E-state index in [9.17, 15) is 13.2 Å². The summed E-state index contributed by atoms with van der Waals surface area (Å²) in [7, 11) is -3.11. The molecule has 2 aliphatic heterocycles. The van der Waals surface area contributed by atoms with E-state index in [1.54, 1.807) is 0 Å². The van der Waals surface area contributed by atoms with Crippen LogP contribution in [-0.4, -0.2) is 63.9 Å². The summed E-state index contributed by atoms with van der Waals surface area (Å²) in [6.45, 7) is 3.07. The molecule has 2 amide bonds. The van der Waals surface area contributed by atoms with Crippen molar-refractivity contribution in [3.05, 3.63) is 0 Å². The van der Waals surface area contributed by atoms with Gasteiger partial charge in [-0.25, -0.2) is 17.5 Å². The molecule has 8 heteroatoms. The Bertz CT molecular complexity index is 426. The Morgan fingerprint density at radius 2 is 2.00 bits per heavy atom. The maximum atomic E-state index is 11.8. The van der Waals surface area contributed by atoms with Gasteiger partial charge in [0.05, 0.1) is 12.9 Å².